The number of para-hydroxylation sites is 4. The molecule has 0 N–H and O–H groups in total. The molecule has 2 aliphatic heterocycles. The second kappa shape index (κ2) is 22.7. The van der Waals surface area contributed by atoms with Crippen molar-refractivity contribution in [3.63, 3.8) is 0 Å². The van der Waals surface area contributed by atoms with E-state index >= 15 is 0 Å². The fraction of sp³-hybridized carbons (Fsp3) is 0.0870. The van der Waals surface area contributed by atoms with Gasteiger partial charge in [0.05, 0.1) is 32.8 Å². The lowest BCUT2D eigenvalue weighted by Crippen LogP contribution is -2.61. The van der Waals surface area contributed by atoms with Crippen LogP contribution in [0, 0.1) is 0 Å². The number of hydrogen-bond donors (Lipinski definition) is 0. The van der Waals surface area contributed by atoms with Gasteiger partial charge in [0, 0.05) is 71.2 Å². The molecular formula is C92H70BN3S. The van der Waals surface area contributed by atoms with Crippen LogP contribution in [0.4, 0.5) is 34.1 Å². The molecule has 16 aromatic rings. The fourth-order valence-corrected chi connectivity index (χ4v) is 17.1. The van der Waals surface area contributed by atoms with Crippen LogP contribution < -0.4 is 26.2 Å². The van der Waals surface area contributed by atoms with Gasteiger partial charge >= 0.3 is 0 Å². The highest BCUT2D eigenvalue weighted by Crippen LogP contribution is 2.57. The Hall–Kier alpha value is -11.2. The summed E-state index contributed by atoms with van der Waals surface area (Å²) in [5.41, 5.74) is 30.6. The van der Waals surface area contributed by atoms with Gasteiger partial charge in [0.1, 0.15) is 0 Å². The van der Waals surface area contributed by atoms with E-state index in [1.807, 2.05) is 11.3 Å². The van der Waals surface area contributed by atoms with Crippen molar-refractivity contribution in [1.82, 2.24) is 4.57 Å². The average Bonchev–Trinajstić information content (AvgIpc) is 1.58. The highest BCUT2D eigenvalue weighted by atomic mass is 32.1. The number of rotatable bonds is 9. The van der Waals surface area contributed by atoms with Gasteiger partial charge in [0.2, 0.25) is 0 Å². The molecule has 0 atom stereocenters. The molecular weight excluding hydrogens is 1190 g/mol. The third-order valence-electron chi connectivity index (χ3n) is 20.5. The van der Waals surface area contributed by atoms with Crippen LogP contribution in [0.5, 0.6) is 0 Å². The van der Waals surface area contributed by atoms with Crippen LogP contribution >= 0.6 is 11.3 Å². The van der Waals surface area contributed by atoms with Crippen molar-refractivity contribution in [3.05, 3.63) is 327 Å². The third-order valence-corrected chi connectivity index (χ3v) is 21.7. The summed E-state index contributed by atoms with van der Waals surface area (Å²) >= 11 is 1.92. The van der Waals surface area contributed by atoms with E-state index < -0.39 is 0 Å². The first kappa shape index (κ1) is 58.4. The quantitative estimate of drug-likeness (QED) is 0.133. The maximum absolute atomic E-state index is 2.75. The Bertz CT molecular complexity index is 5570. The van der Waals surface area contributed by atoms with Gasteiger partial charge in [-0.05, 0) is 131 Å². The lowest BCUT2D eigenvalue weighted by atomic mass is 9.33. The molecule has 97 heavy (non-hydrogen) atoms. The zero-order valence-electron chi connectivity index (χ0n) is 55.3. The van der Waals surface area contributed by atoms with E-state index in [4.69, 9.17) is 0 Å². The number of benzene rings is 14. The normalized spacial score (nSPS) is 12.8. The van der Waals surface area contributed by atoms with E-state index in [0.29, 0.717) is 0 Å². The van der Waals surface area contributed by atoms with Crippen LogP contribution in [-0.2, 0) is 10.8 Å². The SMILES string of the molecule is CC(C)(C)c1ccc(-c2cccc(-c3ccc(C(C)(C)C)cc3)c2N2c3ccc(-n4c5ccccc5c5ccccc54)cc3B3c4cc(-c5ccccc5)c(-c5ccccc5)cc4N(c4c(-c5ccccc5)cccc4-c4ccccc4)c4c3c2cc2c4sc3ccccc32)cc1. The smallest absolute Gasteiger partial charge is 0.252 e. The minimum atomic E-state index is -0.283. The summed E-state index contributed by atoms with van der Waals surface area (Å²) in [7, 11) is 0. The van der Waals surface area contributed by atoms with E-state index in [-0.39, 0.29) is 17.5 Å². The van der Waals surface area contributed by atoms with Gasteiger partial charge in [-0.25, -0.2) is 0 Å². The molecule has 4 heterocycles. The van der Waals surface area contributed by atoms with Crippen molar-refractivity contribution in [3.8, 4) is 72.4 Å². The summed E-state index contributed by atoms with van der Waals surface area (Å²) in [4.78, 5) is 5.46. The molecule has 5 heteroatoms. The first-order valence-electron chi connectivity index (χ1n) is 34.0. The van der Waals surface area contributed by atoms with E-state index in [1.54, 1.807) is 0 Å². The van der Waals surface area contributed by atoms with Crippen LogP contribution in [-0.4, -0.2) is 11.3 Å². The highest BCUT2D eigenvalue weighted by molar-refractivity contribution is 7.26. The van der Waals surface area contributed by atoms with Gasteiger partial charge in [-0.1, -0.05) is 308 Å². The van der Waals surface area contributed by atoms with Gasteiger partial charge in [0.15, 0.2) is 0 Å². The lowest BCUT2D eigenvalue weighted by Gasteiger charge is -2.46. The van der Waals surface area contributed by atoms with Gasteiger partial charge in [-0.3, -0.25) is 0 Å². The Morgan fingerprint density at radius 2 is 0.701 bits per heavy atom. The van der Waals surface area contributed by atoms with Crippen LogP contribution in [0.1, 0.15) is 52.7 Å². The van der Waals surface area contributed by atoms with Crippen molar-refractivity contribution in [2.75, 3.05) is 9.80 Å². The molecule has 0 amide bonds. The zero-order valence-corrected chi connectivity index (χ0v) is 56.2. The van der Waals surface area contributed by atoms with Crippen molar-refractivity contribution < 1.29 is 0 Å². The predicted octanol–water partition coefficient (Wildman–Crippen LogP) is 23.8. The Kier molecular flexibility index (Phi) is 13.7. The number of nitrogens with zero attached hydrogens (tertiary/aromatic N) is 3. The number of anilines is 6. The Morgan fingerprint density at radius 3 is 1.20 bits per heavy atom. The number of hydrogen-bond acceptors (Lipinski definition) is 3. The number of fused-ring (bicyclic) bond motifs is 11. The molecule has 0 spiro atoms. The number of thiophene rings is 1. The second-order valence-corrected chi connectivity index (χ2v) is 29.4. The molecule has 0 bridgehead atoms. The summed E-state index contributed by atoms with van der Waals surface area (Å²) in [5, 5.41) is 4.93. The van der Waals surface area contributed by atoms with Crippen LogP contribution in [0.25, 0.3) is 114 Å². The van der Waals surface area contributed by atoms with Gasteiger partial charge in [-0.2, -0.15) is 0 Å². The fourth-order valence-electron chi connectivity index (χ4n) is 15.8. The molecule has 0 aliphatic carbocycles. The minimum Gasteiger partial charge on any atom is -0.310 e. The third kappa shape index (κ3) is 9.54. The van der Waals surface area contributed by atoms with Gasteiger partial charge in [0.25, 0.3) is 6.71 Å². The van der Waals surface area contributed by atoms with Crippen molar-refractivity contribution in [2.24, 2.45) is 0 Å². The Morgan fingerprint density at radius 1 is 0.289 bits per heavy atom. The van der Waals surface area contributed by atoms with Crippen LogP contribution in [0.3, 0.4) is 0 Å². The largest absolute Gasteiger partial charge is 0.310 e. The van der Waals surface area contributed by atoms with E-state index in [9.17, 15) is 0 Å². The van der Waals surface area contributed by atoms with Crippen LogP contribution in [0.15, 0.2) is 315 Å². The van der Waals surface area contributed by atoms with E-state index in [1.165, 1.54) is 91.9 Å². The lowest BCUT2D eigenvalue weighted by molar-refractivity contribution is 0.590. The van der Waals surface area contributed by atoms with Crippen molar-refractivity contribution in [1.29, 1.82) is 0 Å². The summed E-state index contributed by atoms with van der Waals surface area (Å²) in [5.74, 6) is 0. The second-order valence-electron chi connectivity index (χ2n) is 28.3. The Labute approximate surface area is 572 Å². The highest BCUT2D eigenvalue weighted by Gasteiger charge is 2.47. The standard InChI is InChI=1S/C92H70BN3S/c1-91(2,3)65-49-45-63(46-50-65)70-40-26-41-71(64-47-51-66(52-48-64)92(4,5)6)87(70)95-82-54-53-67(94-80-42-22-19-35-72(80)73-36-20-23-43-81(73)94)55-78(82)93-79-56-75(61-31-15-9-16-32-61)76(62-33-17-10-18-34-62)57-83(79)96(89-86(93)84(95)58-77-74-37-21-24-44-85(74)97-90(77)89)88-68(59-27-11-7-12-28-59)38-25-39-69(88)60-29-13-8-14-30-60/h7-58H,1-6H3. The molecule has 462 valence electrons. The van der Waals surface area contributed by atoms with E-state index in [0.717, 1.165) is 84.2 Å². The molecule has 0 fully saturated rings. The average molecular weight is 1260 g/mol. The van der Waals surface area contributed by atoms with Crippen LogP contribution in [0.2, 0.25) is 0 Å². The summed E-state index contributed by atoms with van der Waals surface area (Å²) in [6.07, 6.45) is 0. The summed E-state index contributed by atoms with van der Waals surface area (Å²) < 4.78 is 5.01. The predicted molar refractivity (Wildman–Crippen MR) is 418 cm³/mol. The first-order valence-corrected chi connectivity index (χ1v) is 34.8. The first-order chi connectivity index (χ1) is 47.4. The van der Waals surface area contributed by atoms with Gasteiger partial charge in [-0.15, -0.1) is 11.3 Å². The molecule has 0 unspecified atom stereocenters. The maximum Gasteiger partial charge on any atom is 0.252 e. The maximum atomic E-state index is 2.75. The molecule has 0 saturated heterocycles. The zero-order chi connectivity index (χ0) is 65.3. The summed E-state index contributed by atoms with van der Waals surface area (Å²) in [6.45, 7) is 13.6. The minimum absolute atomic E-state index is 0.0331. The summed E-state index contributed by atoms with van der Waals surface area (Å²) in [6, 6.07) is 120. The molecule has 2 aliphatic rings. The monoisotopic (exact) mass is 1260 g/mol. The molecule has 14 aromatic carbocycles. The molecule has 0 radical (unpaired) electrons. The molecule has 3 nitrogen and oxygen atoms in total. The Balaban J connectivity index is 1.05. The topological polar surface area (TPSA) is 11.4 Å². The number of aromatic nitrogens is 1. The van der Waals surface area contributed by atoms with E-state index in [2.05, 4.69) is 371 Å². The van der Waals surface area contributed by atoms with Gasteiger partial charge < -0.3 is 14.4 Å². The van der Waals surface area contributed by atoms with Crippen molar-refractivity contribution in [2.45, 2.75) is 52.4 Å². The molecule has 18 rings (SSSR count). The molecule has 0 saturated carbocycles. The van der Waals surface area contributed by atoms with Crippen molar-refractivity contribution >= 4 is 111 Å². The molecule has 2 aromatic heterocycles.